The molecule has 9 heteroatoms. The molecule has 0 amide bonds. The Hall–Kier alpha value is -0.0500. The standard InChI is InChI=1S/2H3N.H3O6P/c;;1-5-7(3,4)6-2/h2*1H3;1-2H,(H,3,4). The van der Waals surface area contributed by atoms with Gasteiger partial charge in [-0.25, -0.2) is 4.57 Å². The van der Waals surface area contributed by atoms with E-state index >= 15 is 0 Å². The minimum atomic E-state index is -4.77. The first-order valence-electron chi connectivity index (χ1n) is 1.08. The first-order valence-corrected chi connectivity index (χ1v) is 2.58. The SMILES string of the molecule is O=P(O)(O[O-])O[O-].[NH4+].[NH4+]. The highest BCUT2D eigenvalue weighted by molar-refractivity contribution is 7.46. The highest BCUT2D eigenvalue weighted by Crippen LogP contribution is 2.37. The van der Waals surface area contributed by atoms with Crippen molar-refractivity contribution in [2.24, 2.45) is 0 Å². The van der Waals surface area contributed by atoms with E-state index in [4.69, 9.17) is 15.4 Å². The summed E-state index contributed by atoms with van der Waals surface area (Å²) in [6.45, 7) is 0. The largest absolute Gasteiger partial charge is 0.714 e. The van der Waals surface area contributed by atoms with Crippen LogP contribution in [0.2, 0.25) is 0 Å². The molecule has 8 nitrogen and oxygen atoms in total. The summed E-state index contributed by atoms with van der Waals surface area (Å²) in [5.41, 5.74) is 0. The second-order valence-electron chi connectivity index (χ2n) is 0.618. The van der Waals surface area contributed by atoms with Gasteiger partial charge in [0.25, 0.3) is 0 Å². The number of quaternary nitrogens is 2. The molecule has 60 valence electrons. The average Bonchev–Trinajstić information content (AvgIpc) is 1.68. The molecule has 0 aromatic heterocycles. The Kier molecular flexibility index (Phi) is 10.8. The fourth-order valence-corrected chi connectivity index (χ4v) is 0.0373. The Morgan fingerprint density at radius 2 is 1.44 bits per heavy atom. The maximum Gasteiger partial charge on any atom is 0.453 e. The molecule has 0 unspecified atom stereocenters. The predicted octanol–water partition coefficient (Wildman–Crippen LogP) is -1.58. The van der Waals surface area contributed by atoms with Crippen LogP contribution in [0.3, 0.4) is 0 Å². The number of rotatable bonds is 2. The molecule has 0 aliphatic rings. The molecule has 0 fully saturated rings. The third-order valence-electron chi connectivity index (χ3n) is 0.188. The third kappa shape index (κ3) is 7.95. The van der Waals surface area contributed by atoms with Crippen molar-refractivity contribution in [2.75, 3.05) is 0 Å². The minimum Gasteiger partial charge on any atom is -0.714 e. The van der Waals surface area contributed by atoms with Crippen LogP contribution in [0.5, 0.6) is 0 Å². The van der Waals surface area contributed by atoms with E-state index in [1.54, 1.807) is 0 Å². The van der Waals surface area contributed by atoms with Gasteiger partial charge in [-0.15, -0.1) is 0 Å². The van der Waals surface area contributed by atoms with Gasteiger partial charge in [-0.2, -0.15) is 0 Å². The number of hydrogen-bond acceptors (Lipinski definition) is 5. The molecule has 0 atom stereocenters. The maximum absolute atomic E-state index is 9.44. The van der Waals surface area contributed by atoms with Crippen LogP contribution in [0.4, 0.5) is 0 Å². The first-order chi connectivity index (χ1) is 3.12. The lowest BCUT2D eigenvalue weighted by atomic mass is 14.0. The molecule has 0 aliphatic carbocycles. The van der Waals surface area contributed by atoms with Crippen LogP contribution in [-0.4, -0.2) is 4.89 Å². The lowest BCUT2D eigenvalue weighted by molar-refractivity contribution is -0.683. The molecule has 0 rings (SSSR count). The molecular weight excluding hydrogens is 155 g/mol. The highest BCUT2D eigenvalue weighted by atomic mass is 31.2. The van der Waals surface area contributed by atoms with Crippen molar-refractivity contribution in [2.45, 2.75) is 0 Å². The lowest BCUT2D eigenvalue weighted by Crippen LogP contribution is -2.10. The summed E-state index contributed by atoms with van der Waals surface area (Å²) in [5, 5.41) is 17.7. The Morgan fingerprint density at radius 1 is 1.22 bits per heavy atom. The lowest BCUT2D eigenvalue weighted by Gasteiger charge is -2.16. The monoisotopic (exact) mass is 164 g/mol. The second kappa shape index (κ2) is 6.08. The van der Waals surface area contributed by atoms with E-state index < -0.39 is 7.82 Å². The van der Waals surface area contributed by atoms with Crippen molar-refractivity contribution in [1.29, 1.82) is 0 Å². The summed E-state index contributed by atoms with van der Waals surface area (Å²) in [6.07, 6.45) is 0. The highest BCUT2D eigenvalue weighted by Gasteiger charge is 2.07. The van der Waals surface area contributed by atoms with Crippen molar-refractivity contribution in [3.05, 3.63) is 0 Å². The molecule has 9 heavy (non-hydrogen) atoms. The fraction of sp³-hybridized carbons (Fsp3) is 0. The van der Waals surface area contributed by atoms with E-state index in [-0.39, 0.29) is 12.3 Å². The van der Waals surface area contributed by atoms with Crippen LogP contribution in [0.15, 0.2) is 0 Å². The van der Waals surface area contributed by atoms with Crippen molar-refractivity contribution < 1.29 is 29.3 Å². The van der Waals surface area contributed by atoms with Gasteiger partial charge in [0.1, 0.15) is 0 Å². The van der Waals surface area contributed by atoms with E-state index in [0.29, 0.717) is 0 Å². The summed E-state index contributed by atoms with van der Waals surface area (Å²) in [7, 11) is -4.77. The Labute approximate surface area is 50.7 Å². The van der Waals surface area contributed by atoms with Crippen molar-refractivity contribution >= 4 is 7.82 Å². The zero-order valence-corrected chi connectivity index (χ0v) is 5.83. The van der Waals surface area contributed by atoms with E-state index in [0.717, 1.165) is 0 Å². The molecule has 0 saturated carbocycles. The summed E-state index contributed by atoms with van der Waals surface area (Å²) in [6, 6.07) is 0. The normalized spacial score (nSPS) is 9.22. The smallest absolute Gasteiger partial charge is 0.453 e. The molecule has 0 radical (unpaired) electrons. The molecule has 0 spiro atoms. The van der Waals surface area contributed by atoms with Crippen LogP contribution in [-0.2, 0) is 13.9 Å². The van der Waals surface area contributed by atoms with Gasteiger partial charge in [-0.1, -0.05) is 0 Å². The second-order valence-corrected chi connectivity index (χ2v) is 1.85. The van der Waals surface area contributed by atoms with Gasteiger partial charge in [0, 0.05) is 0 Å². The fourth-order valence-electron chi connectivity index (χ4n) is 0.0124. The quantitative estimate of drug-likeness (QED) is 0.252. The van der Waals surface area contributed by atoms with Gasteiger partial charge in [0.15, 0.2) is 0 Å². The van der Waals surface area contributed by atoms with Crippen LogP contribution in [0, 0.1) is 0 Å². The van der Waals surface area contributed by atoms with Gasteiger partial charge < -0.3 is 37.1 Å². The molecular formula is H9N2O6P. The van der Waals surface area contributed by atoms with E-state index in [9.17, 15) is 4.57 Å². The average molecular weight is 164 g/mol. The maximum atomic E-state index is 9.44. The number of phosphoric acid groups is 1. The Balaban J connectivity index is -0.000000180. The summed E-state index contributed by atoms with van der Waals surface area (Å²) >= 11 is 0. The first kappa shape index (κ1) is 16.0. The topological polar surface area (TPSA) is 175 Å². The summed E-state index contributed by atoms with van der Waals surface area (Å²) < 4.78 is 14.3. The number of hydrogen-bond donors (Lipinski definition) is 3. The molecule has 0 heterocycles. The van der Waals surface area contributed by atoms with E-state index in [1.165, 1.54) is 0 Å². The van der Waals surface area contributed by atoms with Crippen LogP contribution in [0.25, 0.3) is 0 Å². The Bertz CT molecular complexity index is 83.1. The van der Waals surface area contributed by atoms with Gasteiger partial charge in [0.05, 0.1) is 0 Å². The van der Waals surface area contributed by atoms with Crippen LogP contribution < -0.4 is 22.8 Å². The van der Waals surface area contributed by atoms with Crippen molar-refractivity contribution in [3.63, 3.8) is 0 Å². The molecule has 0 aromatic rings. The van der Waals surface area contributed by atoms with Crippen molar-refractivity contribution in [3.8, 4) is 0 Å². The molecule has 0 bridgehead atoms. The molecule has 0 aromatic carbocycles. The predicted molar refractivity (Wildman–Crippen MR) is 24.0 cm³/mol. The van der Waals surface area contributed by atoms with E-state index in [2.05, 4.69) is 9.35 Å². The van der Waals surface area contributed by atoms with Gasteiger partial charge in [0.2, 0.25) is 0 Å². The zero-order chi connectivity index (χ0) is 5.91. The molecule has 0 saturated heterocycles. The molecule has 9 N–H and O–H groups in total. The third-order valence-corrected chi connectivity index (χ3v) is 0.565. The Morgan fingerprint density at radius 3 is 1.44 bits per heavy atom. The van der Waals surface area contributed by atoms with Crippen LogP contribution >= 0.6 is 7.82 Å². The summed E-state index contributed by atoms with van der Waals surface area (Å²) in [4.78, 5) is 7.62. The van der Waals surface area contributed by atoms with Gasteiger partial charge in [-0.05, 0) is 0 Å². The zero-order valence-electron chi connectivity index (χ0n) is 4.94. The molecule has 0 aliphatic heterocycles. The van der Waals surface area contributed by atoms with Crippen LogP contribution in [0.1, 0.15) is 0 Å². The van der Waals surface area contributed by atoms with Gasteiger partial charge >= 0.3 is 7.82 Å². The van der Waals surface area contributed by atoms with Gasteiger partial charge in [-0.3, -0.25) is 0 Å². The van der Waals surface area contributed by atoms with E-state index in [1.807, 2.05) is 0 Å². The summed E-state index contributed by atoms with van der Waals surface area (Å²) in [5.74, 6) is 0. The van der Waals surface area contributed by atoms with Crippen molar-refractivity contribution in [1.82, 2.24) is 12.3 Å². The minimum absolute atomic E-state index is 0.